The molecule has 0 heterocycles. The highest BCUT2D eigenvalue weighted by molar-refractivity contribution is 7.86. The summed E-state index contributed by atoms with van der Waals surface area (Å²) in [7, 11) is -4.13. The molecule has 0 saturated carbocycles. The predicted octanol–water partition coefficient (Wildman–Crippen LogP) is -1.06. The molecule has 2 atom stereocenters. The third kappa shape index (κ3) is 8.30. The molecule has 0 aromatic heterocycles. The van der Waals surface area contributed by atoms with E-state index in [0.717, 1.165) is 6.92 Å². The minimum atomic E-state index is -4.13. The molecule has 0 saturated heterocycles. The average Bonchev–Trinajstić information content (AvgIpc) is 1.98. The van der Waals surface area contributed by atoms with E-state index in [2.05, 4.69) is 9.22 Å². The van der Waals surface area contributed by atoms with Crippen molar-refractivity contribution in [1.82, 2.24) is 0 Å². The van der Waals surface area contributed by atoms with E-state index < -0.39 is 34.0 Å². The second kappa shape index (κ2) is 6.01. The Morgan fingerprint density at radius 2 is 1.93 bits per heavy atom. The first-order valence-electron chi connectivity index (χ1n) is 4.18. The van der Waals surface area contributed by atoms with Crippen LogP contribution < -0.4 is 0 Å². The van der Waals surface area contributed by atoms with Crippen molar-refractivity contribution in [3.8, 4) is 0 Å². The molecule has 0 rings (SSSR count). The van der Waals surface area contributed by atoms with Crippen LogP contribution >= 0.6 is 0 Å². The number of aliphatic hydroxyl groups excluding tert-OH is 2. The van der Waals surface area contributed by atoms with Gasteiger partial charge in [0.2, 0.25) is 0 Å². The Labute approximate surface area is 87.7 Å². The number of aliphatic hydroxyl groups is 2. The van der Waals surface area contributed by atoms with Gasteiger partial charge in [0.15, 0.2) is 0 Å². The van der Waals surface area contributed by atoms with Crippen molar-refractivity contribution in [2.24, 2.45) is 0 Å². The average molecular weight is 242 g/mol. The maximum Gasteiger partial charge on any atom is 0.340 e. The topological polar surface area (TPSA) is 110 Å². The van der Waals surface area contributed by atoms with Crippen LogP contribution in [0.5, 0.6) is 0 Å². The Balaban J connectivity index is 4.08. The van der Waals surface area contributed by atoms with Crippen LogP contribution in [0.4, 0.5) is 0 Å². The first kappa shape index (κ1) is 14.3. The second-order valence-corrected chi connectivity index (χ2v) is 4.69. The van der Waals surface area contributed by atoms with Crippen LogP contribution in [0.15, 0.2) is 0 Å². The normalized spacial score (nSPS) is 15.7. The van der Waals surface area contributed by atoms with E-state index in [0.29, 0.717) is 0 Å². The van der Waals surface area contributed by atoms with E-state index in [1.54, 1.807) is 0 Å². The van der Waals surface area contributed by atoms with Gasteiger partial charge in [0, 0.05) is 13.3 Å². The van der Waals surface area contributed by atoms with Crippen LogP contribution in [0.3, 0.4) is 0 Å². The number of carbonyl (C=O) groups is 1. The van der Waals surface area contributed by atoms with Crippen molar-refractivity contribution >= 4 is 16.1 Å². The molecule has 0 amide bonds. The summed E-state index contributed by atoms with van der Waals surface area (Å²) in [4.78, 5) is 14.1. The van der Waals surface area contributed by atoms with Crippen LogP contribution in [-0.2, 0) is 24.1 Å². The second-order valence-electron chi connectivity index (χ2n) is 3.11. The number of rotatable bonds is 6. The van der Waals surface area contributed by atoms with E-state index in [4.69, 9.17) is 10.2 Å². The van der Waals surface area contributed by atoms with Gasteiger partial charge < -0.3 is 10.2 Å². The summed E-state index contributed by atoms with van der Waals surface area (Å²) in [6.45, 7) is 2.38. The monoisotopic (exact) mass is 242 g/mol. The first-order valence-corrected chi connectivity index (χ1v) is 5.76. The molecule has 2 N–H and O–H groups in total. The van der Waals surface area contributed by atoms with E-state index in [-0.39, 0.29) is 6.42 Å². The quantitative estimate of drug-likeness (QED) is 0.451. The molecule has 7 nitrogen and oxygen atoms in total. The lowest BCUT2D eigenvalue weighted by atomic mass is 10.2. The molecule has 0 aromatic carbocycles. The van der Waals surface area contributed by atoms with Gasteiger partial charge in [0.25, 0.3) is 0 Å². The Morgan fingerprint density at radius 3 is 2.33 bits per heavy atom. The fraction of sp³-hybridized carbons (Fsp3) is 0.857. The lowest BCUT2D eigenvalue weighted by molar-refractivity contribution is -0.208. The fourth-order valence-electron chi connectivity index (χ4n) is 0.825. The SMILES string of the molecule is CC(=O)OOS(=O)(=O)CC(O)CC(C)O. The standard InChI is InChI=1S/C7H14O7S/c1-5(8)3-7(10)4-15(11,12)14-13-6(2)9/h5,7-8,10H,3-4H2,1-2H3. The third-order valence-corrected chi connectivity index (χ3v) is 2.33. The molecule has 0 aliphatic carbocycles. The summed E-state index contributed by atoms with van der Waals surface area (Å²) in [5.74, 6) is -1.66. The number of hydrogen-bond donors (Lipinski definition) is 2. The third-order valence-electron chi connectivity index (χ3n) is 1.26. The van der Waals surface area contributed by atoms with Crippen molar-refractivity contribution in [3.63, 3.8) is 0 Å². The summed E-state index contributed by atoms with van der Waals surface area (Å²) in [6.07, 6.45) is -2.21. The minimum Gasteiger partial charge on any atom is -0.393 e. The lowest BCUT2D eigenvalue weighted by Crippen LogP contribution is -2.26. The van der Waals surface area contributed by atoms with Gasteiger partial charge in [-0.05, 0) is 6.92 Å². The van der Waals surface area contributed by atoms with Crippen LogP contribution in [0, 0.1) is 0 Å². The highest BCUT2D eigenvalue weighted by Gasteiger charge is 2.21. The maximum atomic E-state index is 11.0. The van der Waals surface area contributed by atoms with Gasteiger partial charge in [0.1, 0.15) is 5.75 Å². The van der Waals surface area contributed by atoms with Crippen LogP contribution in [0.1, 0.15) is 20.3 Å². The van der Waals surface area contributed by atoms with Gasteiger partial charge in [-0.1, -0.05) is 4.33 Å². The van der Waals surface area contributed by atoms with Crippen molar-refractivity contribution < 1.29 is 32.6 Å². The number of carbonyl (C=O) groups excluding carboxylic acids is 1. The lowest BCUT2D eigenvalue weighted by Gasteiger charge is -2.11. The summed E-state index contributed by atoms with van der Waals surface area (Å²) >= 11 is 0. The fourth-order valence-corrected chi connectivity index (χ4v) is 1.69. The highest BCUT2D eigenvalue weighted by Crippen LogP contribution is 2.04. The largest absolute Gasteiger partial charge is 0.393 e. The Morgan fingerprint density at radius 1 is 1.40 bits per heavy atom. The first-order chi connectivity index (χ1) is 6.73. The van der Waals surface area contributed by atoms with E-state index in [9.17, 15) is 13.2 Å². The van der Waals surface area contributed by atoms with Crippen molar-refractivity contribution in [2.75, 3.05) is 5.75 Å². The minimum absolute atomic E-state index is 0.108. The van der Waals surface area contributed by atoms with Gasteiger partial charge in [-0.15, -0.1) is 0 Å². The van der Waals surface area contributed by atoms with E-state index in [1.165, 1.54) is 6.92 Å². The Bertz CT molecular complexity index is 294. The van der Waals surface area contributed by atoms with E-state index in [1.807, 2.05) is 0 Å². The molecule has 8 heteroatoms. The Hall–Kier alpha value is -0.700. The smallest absolute Gasteiger partial charge is 0.340 e. The zero-order valence-electron chi connectivity index (χ0n) is 8.41. The van der Waals surface area contributed by atoms with Gasteiger partial charge in [0.05, 0.1) is 12.2 Å². The molecule has 2 unspecified atom stereocenters. The van der Waals surface area contributed by atoms with Crippen molar-refractivity contribution in [2.45, 2.75) is 32.5 Å². The maximum absolute atomic E-state index is 11.0. The van der Waals surface area contributed by atoms with Gasteiger partial charge in [-0.3, -0.25) is 4.89 Å². The molecule has 0 aliphatic heterocycles. The molecule has 90 valence electrons. The summed E-state index contributed by atoms with van der Waals surface area (Å²) in [5, 5.41) is 18.0. The molecule has 0 bridgehead atoms. The molecule has 0 aliphatic rings. The van der Waals surface area contributed by atoms with Crippen LogP contribution in [0.25, 0.3) is 0 Å². The zero-order chi connectivity index (χ0) is 12.1. The van der Waals surface area contributed by atoms with Crippen LogP contribution in [0.2, 0.25) is 0 Å². The summed E-state index contributed by atoms with van der Waals surface area (Å²) in [6, 6.07) is 0. The molecule has 0 spiro atoms. The summed E-state index contributed by atoms with van der Waals surface area (Å²) < 4.78 is 25.8. The van der Waals surface area contributed by atoms with Crippen LogP contribution in [-0.4, -0.2) is 42.6 Å². The van der Waals surface area contributed by atoms with E-state index >= 15 is 0 Å². The van der Waals surface area contributed by atoms with Crippen molar-refractivity contribution in [1.29, 1.82) is 0 Å². The Kier molecular flexibility index (Phi) is 5.73. The molecule has 15 heavy (non-hydrogen) atoms. The molecule has 0 radical (unpaired) electrons. The zero-order valence-corrected chi connectivity index (χ0v) is 9.23. The number of hydrogen-bond acceptors (Lipinski definition) is 7. The molecule has 0 fully saturated rings. The molecule has 0 aromatic rings. The summed E-state index contributed by atoms with van der Waals surface area (Å²) in [5.41, 5.74) is 0. The highest BCUT2D eigenvalue weighted by atomic mass is 32.2. The van der Waals surface area contributed by atoms with Gasteiger partial charge >= 0.3 is 16.1 Å². The van der Waals surface area contributed by atoms with Gasteiger partial charge in [-0.25, -0.2) is 4.79 Å². The van der Waals surface area contributed by atoms with Gasteiger partial charge in [-0.2, -0.15) is 8.42 Å². The van der Waals surface area contributed by atoms with Crippen molar-refractivity contribution in [3.05, 3.63) is 0 Å². The molecular weight excluding hydrogens is 228 g/mol. The molecular formula is C7H14O7S. The predicted molar refractivity (Wildman–Crippen MR) is 48.9 cm³/mol.